The Bertz CT molecular complexity index is 224. The summed E-state index contributed by atoms with van der Waals surface area (Å²) in [6.45, 7) is 5.27. The van der Waals surface area contributed by atoms with E-state index in [2.05, 4.69) is 4.72 Å². The quantitative estimate of drug-likeness (QED) is 0.744. The molecule has 13 heavy (non-hydrogen) atoms. The third-order valence-corrected chi connectivity index (χ3v) is 4.36. The standard InChI is InChI=1S/C8H19NO2S2/c1-7(2)13(10,11)9-8(3)5-6-12-4/h7-9H,5-6H2,1-4H3. The second-order valence-corrected chi connectivity index (χ2v) is 6.65. The molecule has 1 N–H and O–H groups in total. The molecule has 0 radical (unpaired) electrons. The molecule has 0 aromatic rings. The predicted octanol–water partition coefficient (Wildman–Crippen LogP) is 1.46. The maximum Gasteiger partial charge on any atom is 0.214 e. The first-order valence-corrected chi connectivity index (χ1v) is 7.34. The molecule has 5 heteroatoms. The largest absolute Gasteiger partial charge is 0.214 e. The van der Waals surface area contributed by atoms with Gasteiger partial charge in [0.15, 0.2) is 0 Å². The summed E-state index contributed by atoms with van der Waals surface area (Å²) in [5.41, 5.74) is 0. The Kier molecular flexibility index (Phi) is 6.00. The SMILES string of the molecule is CSCCC(C)NS(=O)(=O)C(C)C. The van der Waals surface area contributed by atoms with Crippen molar-refractivity contribution in [2.45, 2.75) is 38.5 Å². The van der Waals surface area contributed by atoms with E-state index >= 15 is 0 Å². The van der Waals surface area contributed by atoms with E-state index in [-0.39, 0.29) is 11.3 Å². The van der Waals surface area contributed by atoms with Crippen LogP contribution in [0.2, 0.25) is 0 Å². The third kappa shape index (κ3) is 5.54. The summed E-state index contributed by atoms with van der Waals surface area (Å²) in [4.78, 5) is 0. The maximum absolute atomic E-state index is 11.4. The summed E-state index contributed by atoms with van der Waals surface area (Å²) in [5, 5.41) is -0.343. The molecule has 80 valence electrons. The lowest BCUT2D eigenvalue weighted by Crippen LogP contribution is -2.37. The molecule has 0 aromatic carbocycles. The Morgan fingerprint density at radius 3 is 2.23 bits per heavy atom. The van der Waals surface area contributed by atoms with E-state index in [1.807, 2.05) is 13.2 Å². The predicted molar refractivity (Wildman–Crippen MR) is 59.7 cm³/mol. The molecule has 3 nitrogen and oxygen atoms in total. The highest BCUT2D eigenvalue weighted by Crippen LogP contribution is 2.03. The average molecular weight is 225 g/mol. The van der Waals surface area contributed by atoms with E-state index in [4.69, 9.17) is 0 Å². The van der Waals surface area contributed by atoms with Gasteiger partial charge >= 0.3 is 0 Å². The van der Waals surface area contributed by atoms with Gasteiger partial charge in [0.2, 0.25) is 10.0 Å². The summed E-state index contributed by atoms with van der Waals surface area (Å²) in [7, 11) is -3.09. The third-order valence-electron chi connectivity index (χ3n) is 1.74. The van der Waals surface area contributed by atoms with Crippen molar-refractivity contribution in [1.29, 1.82) is 0 Å². The molecular weight excluding hydrogens is 206 g/mol. The molecule has 0 saturated heterocycles. The van der Waals surface area contributed by atoms with Gasteiger partial charge in [0, 0.05) is 6.04 Å². The van der Waals surface area contributed by atoms with E-state index < -0.39 is 10.0 Å². The monoisotopic (exact) mass is 225 g/mol. The molecular formula is C8H19NO2S2. The highest BCUT2D eigenvalue weighted by atomic mass is 32.2. The molecule has 0 saturated carbocycles. The van der Waals surface area contributed by atoms with E-state index in [1.54, 1.807) is 25.6 Å². The highest BCUT2D eigenvalue weighted by molar-refractivity contribution is 7.98. The Hall–Kier alpha value is 0.260. The fraction of sp³-hybridized carbons (Fsp3) is 1.00. The second-order valence-electron chi connectivity index (χ2n) is 3.39. The van der Waals surface area contributed by atoms with Crippen LogP contribution in [0, 0.1) is 0 Å². The first kappa shape index (κ1) is 13.3. The number of hydrogen-bond donors (Lipinski definition) is 1. The van der Waals surface area contributed by atoms with Crippen molar-refractivity contribution in [2.75, 3.05) is 12.0 Å². The van der Waals surface area contributed by atoms with Gasteiger partial charge in [-0.1, -0.05) is 0 Å². The molecule has 0 spiro atoms. The average Bonchev–Trinajstić information content (AvgIpc) is 1.99. The van der Waals surface area contributed by atoms with E-state index in [1.165, 1.54) is 0 Å². The van der Waals surface area contributed by atoms with E-state index in [0.717, 1.165) is 12.2 Å². The van der Waals surface area contributed by atoms with Crippen LogP contribution in [0.4, 0.5) is 0 Å². The molecule has 0 aliphatic rings. The zero-order chi connectivity index (χ0) is 10.5. The van der Waals surface area contributed by atoms with Gasteiger partial charge in [0.05, 0.1) is 5.25 Å². The van der Waals surface area contributed by atoms with Gasteiger partial charge in [-0.05, 0) is 39.2 Å². The topological polar surface area (TPSA) is 46.2 Å². The van der Waals surface area contributed by atoms with Crippen LogP contribution >= 0.6 is 11.8 Å². The summed E-state index contributed by atoms with van der Waals surface area (Å²) in [5.74, 6) is 0.988. The smallest absolute Gasteiger partial charge is 0.212 e. The van der Waals surface area contributed by atoms with Crippen LogP contribution in [0.5, 0.6) is 0 Å². The van der Waals surface area contributed by atoms with Crippen LogP contribution < -0.4 is 4.72 Å². The number of nitrogens with one attached hydrogen (secondary N) is 1. The summed E-state index contributed by atoms with van der Waals surface area (Å²) in [6, 6.07) is 0.0415. The number of rotatable bonds is 6. The van der Waals surface area contributed by atoms with Crippen molar-refractivity contribution < 1.29 is 8.42 Å². The van der Waals surface area contributed by atoms with Gasteiger partial charge in [-0.2, -0.15) is 11.8 Å². The normalized spacial score (nSPS) is 14.8. The van der Waals surface area contributed by atoms with Crippen LogP contribution in [-0.4, -0.2) is 31.7 Å². The second kappa shape index (κ2) is 5.88. The highest BCUT2D eigenvalue weighted by Gasteiger charge is 2.17. The lowest BCUT2D eigenvalue weighted by molar-refractivity contribution is 0.549. The first-order chi connectivity index (χ1) is 5.90. The molecule has 0 aliphatic carbocycles. The molecule has 0 aliphatic heterocycles. The molecule has 0 fully saturated rings. The lowest BCUT2D eigenvalue weighted by atomic mass is 10.3. The Balaban J connectivity index is 3.98. The minimum atomic E-state index is -3.09. The van der Waals surface area contributed by atoms with Crippen molar-refractivity contribution >= 4 is 21.8 Å². The number of thioether (sulfide) groups is 1. The molecule has 0 amide bonds. The Labute approximate surface area is 85.7 Å². The van der Waals surface area contributed by atoms with Crippen LogP contribution in [0.1, 0.15) is 27.2 Å². The fourth-order valence-electron chi connectivity index (χ4n) is 0.770. The summed E-state index contributed by atoms with van der Waals surface area (Å²) >= 11 is 1.73. The van der Waals surface area contributed by atoms with Gasteiger partial charge in [-0.15, -0.1) is 0 Å². The van der Waals surface area contributed by atoms with Gasteiger partial charge in [-0.25, -0.2) is 13.1 Å². The fourth-order valence-corrected chi connectivity index (χ4v) is 2.31. The minimum Gasteiger partial charge on any atom is -0.212 e. The molecule has 0 heterocycles. The number of hydrogen-bond acceptors (Lipinski definition) is 3. The van der Waals surface area contributed by atoms with Crippen molar-refractivity contribution in [2.24, 2.45) is 0 Å². The van der Waals surface area contributed by atoms with Crippen molar-refractivity contribution in [3.63, 3.8) is 0 Å². The number of sulfonamides is 1. The van der Waals surface area contributed by atoms with Crippen molar-refractivity contribution in [3.05, 3.63) is 0 Å². The van der Waals surface area contributed by atoms with Crippen LogP contribution in [-0.2, 0) is 10.0 Å². The Morgan fingerprint density at radius 1 is 1.31 bits per heavy atom. The van der Waals surface area contributed by atoms with Crippen LogP contribution in [0.15, 0.2) is 0 Å². The van der Waals surface area contributed by atoms with Crippen molar-refractivity contribution in [3.8, 4) is 0 Å². The maximum atomic E-state index is 11.4. The van der Waals surface area contributed by atoms with Gasteiger partial charge in [0.1, 0.15) is 0 Å². The molecule has 0 bridgehead atoms. The minimum absolute atomic E-state index is 0.0415. The van der Waals surface area contributed by atoms with Gasteiger partial charge < -0.3 is 0 Å². The van der Waals surface area contributed by atoms with Crippen molar-refractivity contribution in [1.82, 2.24) is 4.72 Å². The van der Waals surface area contributed by atoms with Gasteiger partial charge in [-0.3, -0.25) is 0 Å². The molecule has 0 aromatic heterocycles. The molecule has 1 unspecified atom stereocenters. The van der Waals surface area contributed by atoms with Crippen LogP contribution in [0.3, 0.4) is 0 Å². The molecule has 1 atom stereocenters. The Morgan fingerprint density at radius 2 is 1.85 bits per heavy atom. The summed E-state index contributed by atoms with van der Waals surface area (Å²) in [6.07, 6.45) is 2.90. The zero-order valence-corrected chi connectivity index (χ0v) is 10.3. The summed E-state index contributed by atoms with van der Waals surface area (Å²) < 4.78 is 25.4. The zero-order valence-electron chi connectivity index (χ0n) is 8.70. The van der Waals surface area contributed by atoms with E-state index in [0.29, 0.717) is 0 Å². The van der Waals surface area contributed by atoms with Gasteiger partial charge in [0.25, 0.3) is 0 Å². The lowest BCUT2D eigenvalue weighted by Gasteiger charge is -2.15. The molecule has 0 rings (SSSR count). The first-order valence-electron chi connectivity index (χ1n) is 4.40. The van der Waals surface area contributed by atoms with Crippen LogP contribution in [0.25, 0.3) is 0 Å². The van der Waals surface area contributed by atoms with E-state index in [9.17, 15) is 8.42 Å².